The first-order valence-corrected chi connectivity index (χ1v) is 6.30. The SMILES string of the molecule is CNCC(=O)Nc1cc(NC(=O)C(C)C)ccc1C. The molecule has 0 saturated carbocycles. The number of hydrogen-bond donors (Lipinski definition) is 3. The van der Waals surface area contributed by atoms with Gasteiger partial charge in [0.15, 0.2) is 0 Å². The first kappa shape index (κ1) is 15.2. The summed E-state index contributed by atoms with van der Waals surface area (Å²) in [6.07, 6.45) is 0. The van der Waals surface area contributed by atoms with Crippen molar-refractivity contribution in [2.75, 3.05) is 24.2 Å². The fraction of sp³-hybridized carbons (Fsp3) is 0.429. The third-order valence-corrected chi connectivity index (χ3v) is 2.64. The summed E-state index contributed by atoms with van der Waals surface area (Å²) < 4.78 is 0. The van der Waals surface area contributed by atoms with Gasteiger partial charge in [-0.25, -0.2) is 0 Å². The maximum absolute atomic E-state index is 11.6. The lowest BCUT2D eigenvalue weighted by Crippen LogP contribution is -2.25. The van der Waals surface area contributed by atoms with Gasteiger partial charge in [0.1, 0.15) is 0 Å². The van der Waals surface area contributed by atoms with Crippen molar-refractivity contribution in [1.82, 2.24) is 5.32 Å². The summed E-state index contributed by atoms with van der Waals surface area (Å²) in [4.78, 5) is 23.2. The molecule has 1 aromatic rings. The molecule has 3 N–H and O–H groups in total. The Hall–Kier alpha value is -1.88. The molecule has 0 bridgehead atoms. The first-order valence-electron chi connectivity index (χ1n) is 6.30. The molecule has 19 heavy (non-hydrogen) atoms. The largest absolute Gasteiger partial charge is 0.326 e. The van der Waals surface area contributed by atoms with Crippen LogP contribution in [0, 0.1) is 12.8 Å². The van der Waals surface area contributed by atoms with Crippen LogP contribution in [-0.4, -0.2) is 25.4 Å². The molecule has 0 aliphatic carbocycles. The number of carbonyl (C=O) groups excluding carboxylic acids is 2. The van der Waals surface area contributed by atoms with Gasteiger partial charge < -0.3 is 16.0 Å². The van der Waals surface area contributed by atoms with Crippen molar-refractivity contribution in [3.63, 3.8) is 0 Å². The van der Waals surface area contributed by atoms with Crippen molar-refractivity contribution in [3.8, 4) is 0 Å². The molecule has 1 rings (SSSR count). The van der Waals surface area contributed by atoms with E-state index < -0.39 is 0 Å². The minimum atomic E-state index is -0.113. The lowest BCUT2D eigenvalue weighted by molar-refractivity contribution is -0.119. The molecule has 2 amide bonds. The second kappa shape index (κ2) is 6.89. The highest BCUT2D eigenvalue weighted by molar-refractivity contribution is 5.96. The number of carbonyl (C=O) groups is 2. The molecule has 0 radical (unpaired) electrons. The van der Waals surface area contributed by atoms with Gasteiger partial charge in [-0.1, -0.05) is 19.9 Å². The maximum atomic E-state index is 11.6. The van der Waals surface area contributed by atoms with Crippen molar-refractivity contribution >= 4 is 23.2 Å². The molecule has 0 heterocycles. The van der Waals surface area contributed by atoms with E-state index in [9.17, 15) is 9.59 Å². The minimum absolute atomic E-state index is 0.0450. The minimum Gasteiger partial charge on any atom is -0.326 e. The Morgan fingerprint density at radius 2 is 1.89 bits per heavy atom. The Morgan fingerprint density at radius 3 is 2.47 bits per heavy atom. The van der Waals surface area contributed by atoms with Crippen molar-refractivity contribution < 1.29 is 9.59 Å². The number of nitrogens with one attached hydrogen (secondary N) is 3. The van der Waals surface area contributed by atoms with Gasteiger partial charge in [0.25, 0.3) is 0 Å². The van der Waals surface area contributed by atoms with Crippen LogP contribution in [0.25, 0.3) is 0 Å². The van der Waals surface area contributed by atoms with Crippen LogP contribution in [0.5, 0.6) is 0 Å². The number of hydrogen-bond acceptors (Lipinski definition) is 3. The van der Waals surface area contributed by atoms with Gasteiger partial charge in [-0.05, 0) is 31.7 Å². The molecule has 0 saturated heterocycles. The molecule has 0 aliphatic rings. The zero-order chi connectivity index (χ0) is 14.4. The Morgan fingerprint density at radius 1 is 1.21 bits per heavy atom. The molecule has 5 nitrogen and oxygen atoms in total. The predicted octanol–water partition coefficient (Wildman–Crippen LogP) is 1.75. The Bertz CT molecular complexity index is 470. The van der Waals surface area contributed by atoms with Gasteiger partial charge in [-0.15, -0.1) is 0 Å². The number of amides is 2. The summed E-state index contributed by atoms with van der Waals surface area (Å²) in [5, 5.41) is 8.40. The standard InChI is InChI=1S/C14H21N3O2/c1-9(2)14(19)16-11-6-5-10(3)12(7-11)17-13(18)8-15-4/h5-7,9,15H,8H2,1-4H3,(H,16,19)(H,17,18). The lowest BCUT2D eigenvalue weighted by Gasteiger charge is -2.12. The van der Waals surface area contributed by atoms with E-state index in [0.29, 0.717) is 11.4 Å². The topological polar surface area (TPSA) is 70.2 Å². The van der Waals surface area contributed by atoms with Crippen LogP contribution in [0.1, 0.15) is 19.4 Å². The van der Waals surface area contributed by atoms with E-state index in [-0.39, 0.29) is 24.3 Å². The van der Waals surface area contributed by atoms with Gasteiger partial charge in [-0.3, -0.25) is 9.59 Å². The van der Waals surface area contributed by atoms with Crippen LogP contribution in [0.2, 0.25) is 0 Å². The molecule has 0 atom stereocenters. The summed E-state index contributed by atoms with van der Waals surface area (Å²) in [6, 6.07) is 5.46. The number of rotatable bonds is 5. The van der Waals surface area contributed by atoms with E-state index >= 15 is 0 Å². The summed E-state index contributed by atoms with van der Waals surface area (Å²) in [7, 11) is 1.71. The molecule has 0 unspecified atom stereocenters. The highest BCUT2D eigenvalue weighted by Crippen LogP contribution is 2.20. The average molecular weight is 263 g/mol. The number of benzene rings is 1. The Balaban J connectivity index is 2.82. The fourth-order valence-corrected chi connectivity index (χ4v) is 1.48. The van der Waals surface area contributed by atoms with Crippen molar-refractivity contribution in [2.45, 2.75) is 20.8 Å². The molecule has 5 heteroatoms. The highest BCUT2D eigenvalue weighted by Gasteiger charge is 2.09. The summed E-state index contributed by atoms with van der Waals surface area (Å²) in [5.41, 5.74) is 2.35. The second-order valence-corrected chi connectivity index (χ2v) is 4.75. The van der Waals surface area contributed by atoms with E-state index in [4.69, 9.17) is 0 Å². The van der Waals surface area contributed by atoms with Crippen molar-refractivity contribution in [3.05, 3.63) is 23.8 Å². The smallest absolute Gasteiger partial charge is 0.238 e. The molecule has 1 aromatic carbocycles. The van der Waals surface area contributed by atoms with Crippen LogP contribution >= 0.6 is 0 Å². The third kappa shape index (κ3) is 4.71. The van der Waals surface area contributed by atoms with E-state index in [2.05, 4.69) is 16.0 Å². The Kier molecular flexibility index (Phi) is 5.51. The second-order valence-electron chi connectivity index (χ2n) is 4.75. The third-order valence-electron chi connectivity index (χ3n) is 2.64. The monoisotopic (exact) mass is 263 g/mol. The van der Waals surface area contributed by atoms with E-state index in [1.807, 2.05) is 32.9 Å². The van der Waals surface area contributed by atoms with Gasteiger partial charge in [0.05, 0.1) is 6.54 Å². The number of likely N-dealkylation sites (N-methyl/N-ethyl adjacent to an activating group) is 1. The van der Waals surface area contributed by atoms with Gasteiger partial charge in [0, 0.05) is 17.3 Å². The van der Waals surface area contributed by atoms with Crippen LogP contribution in [-0.2, 0) is 9.59 Å². The molecule has 104 valence electrons. The van der Waals surface area contributed by atoms with Gasteiger partial charge in [0.2, 0.25) is 11.8 Å². The summed E-state index contributed by atoms with van der Waals surface area (Å²) >= 11 is 0. The van der Waals surface area contributed by atoms with Gasteiger partial charge >= 0.3 is 0 Å². The van der Waals surface area contributed by atoms with Gasteiger partial charge in [-0.2, -0.15) is 0 Å². The zero-order valence-corrected chi connectivity index (χ0v) is 11.8. The highest BCUT2D eigenvalue weighted by atomic mass is 16.2. The molecule has 0 fully saturated rings. The van der Waals surface area contributed by atoms with E-state index in [1.54, 1.807) is 13.1 Å². The fourth-order valence-electron chi connectivity index (χ4n) is 1.48. The predicted molar refractivity (Wildman–Crippen MR) is 77.2 cm³/mol. The molecular formula is C14H21N3O2. The van der Waals surface area contributed by atoms with E-state index in [1.165, 1.54) is 0 Å². The van der Waals surface area contributed by atoms with Crippen LogP contribution in [0.3, 0.4) is 0 Å². The van der Waals surface area contributed by atoms with E-state index in [0.717, 1.165) is 5.56 Å². The molecule has 0 spiro atoms. The quantitative estimate of drug-likeness (QED) is 0.758. The molecule has 0 aromatic heterocycles. The van der Waals surface area contributed by atoms with Crippen molar-refractivity contribution in [1.29, 1.82) is 0 Å². The summed E-state index contributed by atoms with van der Waals surface area (Å²) in [6.45, 7) is 5.82. The normalized spacial score (nSPS) is 10.4. The first-order chi connectivity index (χ1) is 8.93. The maximum Gasteiger partial charge on any atom is 0.238 e. The van der Waals surface area contributed by atoms with Crippen LogP contribution in [0.15, 0.2) is 18.2 Å². The van der Waals surface area contributed by atoms with Crippen molar-refractivity contribution in [2.24, 2.45) is 5.92 Å². The number of aryl methyl sites for hydroxylation is 1. The zero-order valence-electron chi connectivity index (χ0n) is 11.8. The number of anilines is 2. The van der Waals surface area contributed by atoms with Crippen LogP contribution < -0.4 is 16.0 Å². The lowest BCUT2D eigenvalue weighted by atomic mass is 10.1. The molecular weight excluding hydrogens is 242 g/mol. The Labute approximate surface area is 113 Å². The van der Waals surface area contributed by atoms with Crippen LogP contribution in [0.4, 0.5) is 11.4 Å². The summed E-state index contributed by atoms with van der Waals surface area (Å²) in [5.74, 6) is -0.238. The molecule has 0 aliphatic heterocycles. The average Bonchev–Trinajstić information content (AvgIpc) is 2.33.